The van der Waals surface area contributed by atoms with E-state index in [9.17, 15) is 9.18 Å². The predicted molar refractivity (Wildman–Crippen MR) is 96.8 cm³/mol. The van der Waals surface area contributed by atoms with Crippen LogP contribution in [0, 0.1) is 5.82 Å². The molecular formula is C16H12BrFN2O3S2. The van der Waals surface area contributed by atoms with Crippen molar-refractivity contribution >= 4 is 44.8 Å². The summed E-state index contributed by atoms with van der Waals surface area (Å²) in [5, 5.41) is 8.14. The summed E-state index contributed by atoms with van der Waals surface area (Å²) < 4.78 is 24.9. The van der Waals surface area contributed by atoms with E-state index in [4.69, 9.17) is 9.15 Å². The number of carbonyl (C=O) groups is 1. The molecular weight excluding hydrogens is 431 g/mol. The van der Waals surface area contributed by atoms with E-state index in [2.05, 4.69) is 26.1 Å². The van der Waals surface area contributed by atoms with Crippen LogP contribution in [0.4, 0.5) is 4.39 Å². The molecule has 0 amide bonds. The molecule has 5 nitrogen and oxygen atoms in total. The van der Waals surface area contributed by atoms with E-state index in [-0.39, 0.29) is 23.2 Å². The Morgan fingerprint density at radius 1 is 1.32 bits per heavy atom. The first-order valence-electron chi connectivity index (χ1n) is 7.18. The number of thiophene rings is 1. The third-order valence-electron chi connectivity index (χ3n) is 3.07. The number of carbonyl (C=O) groups excluding carboxylic acids is 1. The van der Waals surface area contributed by atoms with E-state index >= 15 is 0 Å². The van der Waals surface area contributed by atoms with Gasteiger partial charge in [-0.3, -0.25) is 4.79 Å². The second kappa shape index (κ2) is 8.11. The maximum absolute atomic E-state index is 12.9. The zero-order valence-electron chi connectivity index (χ0n) is 12.9. The molecule has 130 valence electrons. The lowest BCUT2D eigenvalue weighted by Gasteiger charge is -2.10. The number of ether oxygens (including phenoxy) is 1. The van der Waals surface area contributed by atoms with Gasteiger partial charge in [-0.2, -0.15) is 0 Å². The van der Waals surface area contributed by atoms with E-state index in [1.807, 2.05) is 6.07 Å². The largest absolute Gasteiger partial charge is 0.481 e. The average molecular weight is 443 g/mol. The zero-order valence-corrected chi connectivity index (χ0v) is 16.2. The smallest absolute Gasteiger partial charge is 0.277 e. The van der Waals surface area contributed by atoms with E-state index in [0.29, 0.717) is 15.8 Å². The molecule has 0 N–H and O–H groups in total. The lowest BCUT2D eigenvalue weighted by Crippen LogP contribution is -2.03. The Kier molecular flexibility index (Phi) is 5.87. The lowest BCUT2D eigenvalue weighted by molar-refractivity contribution is 0.102. The van der Waals surface area contributed by atoms with Crippen molar-refractivity contribution in [1.82, 2.24) is 10.2 Å². The van der Waals surface area contributed by atoms with Crippen LogP contribution in [0.5, 0.6) is 5.75 Å². The highest BCUT2D eigenvalue weighted by atomic mass is 79.9. The first-order valence-corrected chi connectivity index (χ1v) is 9.78. The second-order valence-corrected chi connectivity index (χ2v) is 8.33. The quantitative estimate of drug-likeness (QED) is 0.372. The maximum Gasteiger partial charge on any atom is 0.277 e. The summed E-state index contributed by atoms with van der Waals surface area (Å²) in [6, 6.07) is 9.28. The zero-order chi connectivity index (χ0) is 17.8. The molecule has 9 heteroatoms. The Hall–Kier alpha value is -1.71. The van der Waals surface area contributed by atoms with E-state index in [0.717, 1.165) is 3.79 Å². The van der Waals surface area contributed by atoms with Gasteiger partial charge in [0.2, 0.25) is 0 Å². The average Bonchev–Trinajstić information content (AvgIpc) is 3.24. The molecule has 0 fully saturated rings. The number of thioether (sulfide) groups is 1. The summed E-state index contributed by atoms with van der Waals surface area (Å²) in [5.41, 5.74) is 0. The lowest BCUT2D eigenvalue weighted by atomic mass is 10.3. The fourth-order valence-corrected chi connectivity index (χ4v) is 3.94. The van der Waals surface area contributed by atoms with Gasteiger partial charge >= 0.3 is 0 Å². The first kappa shape index (κ1) is 18.1. The van der Waals surface area contributed by atoms with Gasteiger partial charge in [0.25, 0.3) is 11.1 Å². The normalized spacial score (nSPS) is 12.1. The molecule has 3 rings (SSSR count). The van der Waals surface area contributed by atoms with Crippen molar-refractivity contribution in [2.75, 3.05) is 5.75 Å². The molecule has 1 aromatic carbocycles. The fraction of sp³-hybridized carbons (Fsp3) is 0.188. The standard InChI is InChI=1S/C16H12BrFN2O3S2/c1-9(22-11-4-2-10(18)3-5-11)15-19-20-16(23-15)24-8-12(21)13-6-7-14(17)25-13/h2-7,9H,8H2,1H3/t9-/m1/s1. The molecule has 0 saturated heterocycles. The summed E-state index contributed by atoms with van der Waals surface area (Å²) in [6.45, 7) is 1.75. The minimum atomic E-state index is -0.490. The molecule has 0 unspecified atom stereocenters. The highest BCUT2D eigenvalue weighted by Crippen LogP contribution is 2.27. The highest BCUT2D eigenvalue weighted by Gasteiger charge is 2.17. The molecule has 0 aliphatic carbocycles. The van der Waals surface area contributed by atoms with E-state index in [1.165, 1.54) is 47.4 Å². The topological polar surface area (TPSA) is 65.2 Å². The van der Waals surface area contributed by atoms with Gasteiger partial charge in [0, 0.05) is 0 Å². The summed E-state index contributed by atoms with van der Waals surface area (Å²) in [4.78, 5) is 12.7. The van der Waals surface area contributed by atoms with E-state index in [1.54, 1.807) is 13.0 Å². The van der Waals surface area contributed by atoms with Crippen LogP contribution in [0.15, 0.2) is 49.8 Å². The maximum atomic E-state index is 12.9. The molecule has 2 aromatic heterocycles. The Bertz CT molecular complexity index is 866. The first-order chi connectivity index (χ1) is 12.0. The van der Waals surface area contributed by atoms with Crippen LogP contribution in [0.25, 0.3) is 0 Å². The fourth-order valence-electron chi connectivity index (χ4n) is 1.87. The van der Waals surface area contributed by atoms with Crippen LogP contribution >= 0.6 is 39.0 Å². The minimum Gasteiger partial charge on any atom is -0.481 e. The summed E-state index contributed by atoms with van der Waals surface area (Å²) >= 11 is 5.89. The number of benzene rings is 1. The van der Waals surface area contributed by atoms with Crippen LogP contribution in [0.2, 0.25) is 0 Å². The van der Waals surface area contributed by atoms with Crippen LogP contribution in [0.3, 0.4) is 0 Å². The molecule has 2 heterocycles. The number of hydrogen-bond donors (Lipinski definition) is 0. The third kappa shape index (κ3) is 4.90. The highest BCUT2D eigenvalue weighted by molar-refractivity contribution is 9.11. The molecule has 0 saturated carbocycles. The van der Waals surface area contributed by atoms with Gasteiger partial charge in [-0.1, -0.05) is 11.8 Å². The number of rotatable bonds is 7. The monoisotopic (exact) mass is 442 g/mol. The van der Waals surface area contributed by atoms with Crippen molar-refractivity contribution in [3.63, 3.8) is 0 Å². The van der Waals surface area contributed by atoms with Crippen LogP contribution in [0.1, 0.15) is 28.6 Å². The van der Waals surface area contributed by atoms with Crippen LogP contribution in [-0.4, -0.2) is 21.7 Å². The van der Waals surface area contributed by atoms with Crippen molar-refractivity contribution in [3.05, 3.63) is 56.8 Å². The third-order valence-corrected chi connectivity index (χ3v) is 5.55. The molecule has 0 aliphatic heterocycles. The Morgan fingerprint density at radius 2 is 2.08 bits per heavy atom. The van der Waals surface area contributed by atoms with Gasteiger partial charge < -0.3 is 9.15 Å². The van der Waals surface area contributed by atoms with Crippen molar-refractivity contribution in [1.29, 1.82) is 0 Å². The summed E-state index contributed by atoms with van der Waals surface area (Å²) in [5.74, 6) is 0.662. The van der Waals surface area contributed by atoms with Crippen LogP contribution < -0.4 is 4.74 Å². The summed E-state index contributed by atoms with van der Waals surface area (Å²) in [7, 11) is 0. The molecule has 25 heavy (non-hydrogen) atoms. The van der Waals surface area contributed by atoms with Gasteiger partial charge in [-0.25, -0.2) is 4.39 Å². The van der Waals surface area contributed by atoms with Gasteiger partial charge in [0.1, 0.15) is 11.6 Å². The number of Topliss-reactive ketones (excluding diaryl/α,β-unsaturated/α-hetero) is 1. The van der Waals surface area contributed by atoms with Crippen molar-refractivity contribution in [2.45, 2.75) is 18.3 Å². The number of halogens is 2. The van der Waals surface area contributed by atoms with Gasteiger partial charge in [-0.05, 0) is 59.3 Å². The van der Waals surface area contributed by atoms with Crippen molar-refractivity contribution in [3.8, 4) is 5.75 Å². The number of hydrogen-bond acceptors (Lipinski definition) is 7. The molecule has 0 aliphatic rings. The molecule has 0 bridgehead atoms. The van der Waals surface area contributed by atoms with Crippen molar-refractivity contribution < 1.29 is 18.3 Å². The second-order valence-electron chi connectivity index (χ2n) is 4.94. The molecule has 0 radical (unpaired) electrons. The number of aromatic nitrogens is 2. The minimum absolute atomic E-state index is 0.00365. The Morgan fingerprint density at radius 3 is 2.76 bits per heavy atom. The SMILES string of the molecule is C[C@@H](Oc1ccc(F)cc1)c1nnc(SCC(=O)c2ccc(Br)s2)o1. The molecule has 1 atom stereocenters. The predicted octanol–water partition coefficient (Wildman–Crippen LogP) is 5.15. The number of ketones is 1. The number of nitrogens with zero attached hydrogens (tertiary/aromatic N) is 2. The molecule has 3 aromatic rings. The van der Waals surface area contributed by atoms with Crippen molar-refractivity contribution in [2.24, 2.45) is 0 Å². The van der Waals surface area contributed by atoms with Gasteiger partial charge in [0.05, 0.1) is 14.4 Å². The van der Waals surface area contributed by atoms with Gasteiger partial charge in [0.15, 0.2) is 11.9 Å². The Balaban J connectivity index is 1.56. The van der Waals surface area contributed by atoms with E-state index < -0.39 is 6.10 Å². The Labute approximate surface area is 159 Å². The van der Waals surface area contributed by atoms with Crippen LogP contribution in [-0.2, 0) is 0 Å². The molecule has 0 spiro atoms. The summed E-state index contributed by atoms with van der Waals surface area (Å²) in [6.07, 6.45) is -0.490. The van der Waals surface area contributed by atoms with Gasteiger partial charge in [-0.15, -0.1) is 21.5 Å².